The van der Waals surface area contributed by atoms with Crippen molar-refractivity contribution in [1.29, 1.82) is 0 Å². The lowest BCUT2D eigenvalue weighted by Gasteiger charge is -2.11. The van der Waals surface area contributed by atoms with Crippen LogP contribution < -0.4 is 11.1 Å². The quantitative estimate of drug-likeness (QED) is 0.684. The van der Waals surface area contributed by atoms with Crippen molar-refractivity contribution >= 4 is 23.2 Å². The molecule has 0 spiro atoms. The Morgan fingerprint density at radius 1 is 1.31 bits per heavy atom. The molecule has 0 atom stereocenters. The van der Waals surface area contributed by atoms with E-state index in [2.05, 4.69) is 20.3 Å². The highest BCUT2D eigenvalue weighted by Gasteiger charge is 2.19. The number of hydrogen-bond donors (Lipinski definition) is 2. The Balaban J connectivity index is 1.98. The number of nitrogens with two attached hydrogens (primary N) is 1. The molecule has 3 N–H and O–H groups in total. The first-order valence-electron chi connectivity index (χ1n) is 7.94. The van der Waals surface area contributed by atoms with Crippen molar-refractivity contribution < 1.29 is 9.59 Å². The first-order chi connectivity index (χ1) is 12.5. The molecule has 0 saturated heterocycles. The van der Waals surface area contributed by atoms with Gasteiger partial charge in [0.15, 0.2) is 0 Å². The summed E-state index contributed by atoms with van der Waals surface area (Å²) in [7, 11) is 0. The van der Waals surface area contributed by atoms with Crippen LogP contribution in [0.1, 0.15) is 23.0 Å². The van der Waals surface area contributed by atoms with Crippen LogP contribution in [0, 0.1) is 6.92 Å². The Bertz CT molecular complexity index is 948. The second-order valence-electron chi connectivity index (χ2n) is 5.66. The zero-order chi connectivity index (χ0) is 18.7. The normalized spacial score (nSPS) is 10.7. The van der Waals surface area contributed by atoms with Crippen LogP contribution in [0.4, 0.5) is 0 Å². The molecule has 0 aromatic carbocycles. The van der Waals surface area contributed by atoms with Gasteiger partial charge in [0.05, 0.1) is 23.1 Å². The number of hydrogen-bond acceptors (Lipinski definition) is 6. The number of rotatable bonds is 6. The van der Waals surface area contributed by atoms with Gasteiger partial charge < -0.3 is 15.6 Å². The summed E-state index contributed by atoms with van der Waals surface area (Å²) in [6.07, 6.45) is 4.87. The van der Waals surface area contributed by atoms with Crippen LogP contribution in [0.25, 0.3) is 22.1 Å². The summed E-state index contributed by atoms with van der Waals surface area (Å²) >= 11 is 1.45. The number of amides is 2. The highest BCUT2D eigenvalue weighted by atomic mass is 32.1. The Morgan fingerprint density at radius 3 is 2.77 bits per heavy atom. The van der Waals surface area contributed by atoms with E-state index in [0.29, 0.717) is 30.0 Å². The number of aromatic nitrogens is 4. The van der Waals surface area contributed by atoms with E-state index in [0.717, 1.165) is 16.4 Å². The fraction of sp³-hybridized carbons (Fsp3) is 0.235. The zero-order valence-electron chi connectivity index (χ0n) is 14.4. The van der Waals surface area contributed by atoms with Gasteiger partial charge in [-0.1, -0.05) is 0 Å². The van der Waals surface area contributed by atoms with Crippen LogP contribution in [-0.4, -0.2) is 37.9 Å². The van der Waals surface area contributed by atoms with Gasteiger partial charge in [-0.2, -0.15) is 0 Å². The van der Waals surface area contributed by atoms with Gasteiger partial charge in [-0.3, -0.25) is 19.6 Å². The minimum absolute atomic E-state index is 0.106. The Kier molecular flexibility index (Phi) is 5.08. The molecule has 3 rings (SSSR count). The molecule has 0 radical (unpaired) electrons. The molecule has 0 aliphatic rings. The number of primary amides is 1. The highest BCUT2D eigenvalue weighted by Crippen LogP contribution is 2.30. The summed E-state index contributed by atoms with van der Waals surface area (Å²) in [5, 5.41) is 5.40. The van der Waals surface area contributed by atoms with Crippen LogP contribution in [0.5, 0.6) is 0 Å². The average Bonchev–Trinajstić information content (AvgIpc) is 3.21. The maximum Gasteiger partial charge on any atom is 0.250 e. The van der Waals surface area contributed by atoms with Crippen molar-refractivity contribution in [2.24, 2.45) is 5.73 Å². The molecular weight excluding hydrogens is 352 g/mol. The van der Waals surface area contributed by atoms with Gasteiger partial charge in [-0.15, -0.1) is 11.3 Å². The number of nitrogens with zero attached hydrogens (tertiary/aromatic N) is 4. The number of thiazole rings is 1. The predicted octanol–water partition coefficient (Wildman–Crippen LogP) is 1.61. The number of carbonyl (C=O) groups excluding carboxylic acids is 2. The first kappa shape index (κ1) is 17.7. The standard InChI is InChI=1S/C17H18N6O2S/c1-10-12(16(18)25)7-15(23(10)6-5-20-11(2)24)14-9-26-17(22-14)13-8-19-3-4-21-13/h3-4,7-9H,5-6H2,1-2H3,(H2,18,25)(H,20,24). The van der Waals surface area contributed by atoms with E-state index in [1.807, 2.05) is 16.9 Å². The molecule has 134 valence electrons. The minimum Gasteiger partial charge on any atom is -0.366 e. The van der Waals surface area contributed by atoms with Crippen molar-refractivity contribution in [2.45, 2.75) is 20.4 Å². The monoisotopic (exact) mass is 370 g/mol. The lowest BCUT2D eigenvalue weighted by atomic mass is 10.2. The molecule has 0 saturated carbocycles. The molecule has 0 aliphatic heterocycles. The fourth-order valence-corrected chi connectivity index (χ4v) is 3.43. The maximum absolute atomic E-state index is 11.7. The predicted molar refractivity (Wildman–Crippen MR) is 98.5 cm³/mol. The first-order valence-corrected chi connectivity index (χ1v) is 8.82. The number of carbonyl (C=O) groups is 2. The van der Waals surface area contributed by atoms with Crippen LogP contribution in [0.15, 0.2) is 30.0 Å². The molecule has 3 aromatic heterocycles. The maximum atomic E-state index is 11.7. The molecule has 9 heteroatoms. The molecule has 0 fully saturated rings. The van der Waals surface area contributed by atoms with E-state index in [4.69, 9.17) is 5.73 Å². The van der Waals surface area contributed by atoms with Crippen LogP contribution >= 0.6 is 11.3 Å². The highest BCUT2D eigenvalue weighted by molar-refractivity contribution is 7.13. The van der Waals surface area contributed by atoms with Gasteiger partial charge in [-0.05, 0) is 13.0 Å². The lowest BCUT2D eigenvalue weighted by Crippen LogP contribution is -2.25. The third kappa shape index (κ3) is 3.62. The molecule has 2 amide bonds. The van der Waals surface area contributed by atoms with Crippen LogP contribution in [0.3, 0.4) is 0 Å². The Hall–Kier alpha value is -3.07. The molecule has 26 heavy (non-hydrogen) atoms. The van der Waals surface area contributed by atoms with Gasteiger partial charge in [0, 0.05) is 43.5 Å². The van der Waals surface area contributed by atoms with Crippen molar-refractivity contribution in [3.05, 3.63) is 41.3 Å². The molecule has 0 bridgehead atoms. The lowest BCUT2D eigenvalue weighted by molar-refractivity contribution is -0.118. The molecule has 8 nitrogen and oxygen atoms in total. The van der Waals surface area contributed by atoms with Gasteiger partial charge in [0.2, 0.25) is 5.91 Å². The van der Waals surface area contributed by atoms with Crippen LogP contribution in [0.2, 0.25) is 0 Å². The van der Waals surface area contributed by atoms with Crippen molar-refractivity contribution in [3.8, 4) is 22.1 Å². The number of nitrogens with one attached hydrogen (secondary N) is 1. The van der Waals surface area contributed by atoms with Gasteiger partial charge in [-0.25, -0.2) is 4.98 Å². The minimum atomic E-state index is -0.494. The topological polar surface area (TPSA) is 116 Å². The largest absolute Gasteiger partial charge is 0.366 e. The third-order valence-electron chi connectivity index (χ3n) is 3.89. The summed E-state index contributed by atoms with van der Waals surface area (Å²) < 4.78 is 1.94. The van der Waals surface area contributed by atoms with E-state index in [9.17, 15) is 9.59 Å². The van der Waals surface area contributed by atoms with Gasteiger partial charge >= 0.3 is 0 Å². The van der Waals surface area contributed by atoms with E-state index < -0.39 is 5.91 Å². The third-order valence-corrected chi connectivity index (χ3v) is 4.76. The molecule has 0 aliphatic carbocycles. The second-order valence-corrected chi connectivity index (χ2v) is 6.51. The molecule has 3 heterocycles. The average molecular weight is 370 g/mol. The Morgan fingerprint density at radius 2 is 2.12 bits per heavy atom. The van der Waals surface area contributed by atoms with Gasteiger partial charge in [0.25, 0.3) is 5.91 Å². The Labute approximate surface area is 154 Å². The van der Waals surface area contributed by atoms with Crippen molar-refractivity contribution in [1.82, 2.24) is 24.8 Å². The SMILES string of the molecule is CC(=O)NCCn1c(-c2csc(-c3cnccn3)n2)cc(C(N)=O)c1C. The molecule has 0 unspecified atom stereocenters. The zero-order valence-corrected chi connectivity index (χ0v) is 15.2. The van der Waals surface area contributed by atoms with E-state index >= 15 is 0 Å². The second kappa shape index (κ2) is 7.44. The summed E-state index contributed by atoms with van der Waals surface area (Å²) in [5.74, 6) is -0.600. The van der Waals surface area contributed by atoms with E-state index in [1.54, 1.807) is 24.7 Å². The summed E-state index contributed by atoms with van der Waals surface area (Å²) in [6.45, 7) is 4.24. The van der Waals surface area contributed by atoms with Crippen molar-refractivity contribution in [3.63, 3.8) is 0 Å². The smallest absolute Gasteiger partial charge is 0.250 e. The van der Waals surface area contributed by atoms with Crippen LogP contribution in [-0.2, 0) is 11.3 Å². The van der Waals surface area contributed by atoms with E-state index in [-0.39, 0.29) is 5.91 Å². The summed E-state index contributed by atoms with van der Waals surface area (Å²) in [4.78, 5) is 35.8. The molecular formula is C17H18N6O2S. The van der Waals surface area contributed by atoms with Gasteiger partial charge in [0.1, 0.15) is 10.7 Å². The van der Waals surface area contributed by atoms with E-state index in [1.165, 1.54) is 18.3 Å². The molecule has 3 aromatic rings. The summed E-state index contributed by atoms with van der Waals surface area (Å²) in [6, 6.07) is 1.74. The summed E-state index contributed by atoms with van der Waals surface area (Å²) in [5.41, 5.74) is 8.85. The van der Waals surface area contributed by atoms with Crippen molar-refractivity contribution in [2.75, 3.05) is 6.54 Å². The fourth-order valence-electron chi connectivity index (χ4n) is 2.66.